The summed E-state index contributed by atoms with van der Waals surface area (Å²) in [7, 11) is 0. The molecule has 0 saturated carbocycles. The van der Waals surface area contributed by atoms with Crippen molar-refractivity contribution >= 4 is 0 Å². The Balaban J connectivity index is 2.48. The van der Waals surface area contributed by atoms with E-state index in [2.05, 4.69) is 50.6 Å². The molecule has 0 amide bonds. The highest BCUT2D eigenvalue weighted by molar-refractivity contribution is 5.18. The molecule has 0 fully saturated rings. The summed E-state index contributed by atoms with van der Waals surface area (Å²) in [5.74, 6) is 0.697. The standard InChI is InChI=1S/C12H17/c1-3-4-8-11(2)12-9-6-5-7-10-12/h3,5-7,9-11H,4,8H2,1-2H3. The Morgan fingerprint density at radius 1 is 1.25 bits per heavy atom. The summed E-state index contributed by atoms with van der Waals surface area (Å²) in [4.78, 5) is 0. The van der Waals surface area contributed by atoms with Crippen LogP contribution in [0.1, 0.15) is 38.2 Å². The zero-order valence-electron chi connectivity index (χ0n) is 7.96. The van der Waals surface area contributed by atoms with E-state index in [0.29, 0.717) is 5.92 Å². The van der Waals surface area contributed by atoms with Crippen molar-refractivity contribution in [2.75, 3.05) is 0 Å². The van der Waals surface area contributed by atoms with Gasteiger partial charge in [-0.2, -0.15) is 0 Å². The third-order valence-electron chi connectivity index (χ3n) is 2.26. The van der Waals surface area contributed by atoms with E-state index in [9.17, 15) is 0 Å². The molecule has 0 heterocycles. The van der Waals surface area contributed by atoms with E-state index in [4.69, 9.17) is 0 Å². The van der Waals surface area contributed by atoms with Crippen LogP contribution in [0, 0.1) is 6.42 Å². The second-order valence-electron chi connectivity index (χ2n) is 3.30. The fraction of sp³-hybridized carbons (Fsp3) is 0.417. The summed E-state index contributed by atoms with van der Waals surface area (Å²) in [5, 5.41) is 0. The molecule has 1 atom stereocenters. The van der Waals surface area contributed by atoms with Crippen LogP contribution in [0.5, 0.6) is 0 Å². The molecule has 1 aromatic rings. The third kappa shape index (κ3) is 2.69. The van der Waals surface area contributed by atoms with Gasteiger partial charge < -0.3 is 0 Å². The molecule has 1 radical (unpaired) electrons. The summed E-state index contributed by atoms with van der Waals surface area (Å²) in [5.41, 5.74) is 1.46. The van der Waals surface area contributed by atoms with Crippen molar-refractivity contribution in [3.8, 4) is 0 Å². The fourth-order valence-electron chi connectivity index (χ4n) is 1.36. The van der Waals surface area contributed by atoms with Crippen molar-refractivity contribution in [1.29, 1.82) is 0 Å². The minimum atomic E-state index is 0.697. The van der Waals surface area contributed by atoms with Crippen molar-refractivity contribution < 1.29 is 0 Å². The molecule has 1 unspecified atom stereocenters. The number of unbranched alkanes of at least 4 members (excludes halogenated alkanes) is 1. The van der Waals surface area contributed by atoms with Gasteiger partial charge in [-0.25, -0.2) is 0 Å². The predicted octanol–water partition coefficient (Wildman–Crippen LogP) is 3.79. The smallest absolute Gasteiger partial charge is 0.0190 e. The summed E-state index contributed by atoms with van der Waals surface area (Å²) < 4.78 is 0. The van der Waals surface area contributed by atoms with Crippen molar-refractivity contribution in [3.05, 3.63) is 42.3 Å². The van der Waals surface area contributed by atoms with Crippen LogP contribution < -0.4 is 0 Å². The van der Waals surface area contributed by atoms with Gasteiger partial charge in [-0.1, -0.05) is 44.2 Å². The van der Waals surface area contributed by atoms with Gasteiger partial charge in [-0.3, -0.25) is 0 Å². The maximum atomic E-state index is 2.29. The molecular weight excluding hydrogens is 144 g/mol. The van der Waals surface area contributed by atoms with E-state index >= 15 is 0 Å². The molecule has 0 aliphatic heterocycles. The van der Waals surface area contributed by atoms with Crippen molar-refractivity contribution in [3.63, 3.8) is 0 Å². The van der Waals surface area contributed by atoms with Gasteiger partial charge in [0.15, 0.2) is 0 Å². The normalized spacial score (nSPS) is 12.8. The Bertz CT molecular complexity index is 201. The summed E-state index contributed by atoms with van der Waals surface area (Å²) >= 11 is 0. The first kappa shape index (κ1) is 9.31. The Labute approximate surface area is 75.6 Å². The van der Waals surface area contributed by atoms with E-state index < -0.39 is 0 Å². The summed E-state index contributed by atoms with van der Waals surface area (Å²) in [6, 6.07) is 10.7. The molecule has 0 saturated heterocycles. The van der Waals surface area contributed by atoms with Crippen LogP contribution in [0.2, 0.25) is 0 Å². The SMILES string of the molecule is C[CH]CCC(C)c1ccccc1. The molecule has 0 bridgehead atoms. The van der Waals surface area contributed by atoms with Gasteiger partial charge >= 0.3 is 0 Å². The van der Waals surface area contributed by atoms with E-state index in [0.717, 1.165) is 0 Å². The zero-order valence-corrected chi connectivity index (χ0v) is 7.96. The van der Waals surface area contributed by atoms with E-state index in [-0.39, 0.29) is 0 Å². The number of hydrogen-bond donors (Lipinski definition) is 0. The first-order valence-corrected chi connectivity index (χ1v) is 4.67. The van der Waals surface area contributed by atoms with Crippen molar-refractivity contribution in [1.82, 2.24) is 0 Å². The van der Waals surface area contributed by atoms with E-state index in [1.165, 1.54) is 18.4 Å². The number of benzene rings is 1. The number of rotatable bonds is 4. The predicted molar refractivity (Wildman–Crippen MR) is 54.1 cm³/mol. The lowest BCUT2D eigenvalue weighted by Crippen LogP contribution is -1.92. The molecule has 0 nitrogen and oxygen atoms in total. The van der Waals surface area contributed by atoms with Gasteiger partial charge in [0.05, 0.1) is 0 Å². The Morgan fingerprint density at radius 2 is 1.92 bits per heavy atom. The molecule has 12 heavy (non-hydrogen) atoms. The van der Waals surface area contributed by atoms with Crippen LogP contribution in [0.15, 0.2) is 30.3 Å². The fourth-order valence-corrected chi connectivity index (χ4v) is 1.36. The van der Waals surface area contributed by atoms with Gasteiger partial charge in [0.2, 0.25) is 0 Å². The molecule has 65 valence electrons. The highest BCUT2D eigenvalue weighted by atomic mass is 14.1. The molecule has 0 aliphatic carbocycles. The van der Waals surface area contributed by atoms with Crippen LogP contribution in [0.4, 0.5) is 0 Å². The maximum absolute atomic E-state index is 2.29. The van der Waals surface area contributed by atoms with Crippen LogP contribution in [-0.2, 0) is 0 Å². The molecule has 0 N–H and O–H groups in total. The average molecular weight is 161 g/mol. The van der Waals surface area contributed by atoms with Crippen molar-refractivity contribution in [2.24, 2.45) is 0 Å². The van der Waals surface area contributed by atoms with E-state index in [1.54, 1.807) is 0 Å². The first-order valence-electron chi connectivity index (χ1n) is 4.67. The molecular formula is C12H17. The maximum Gasteiger partial charge on any atom is -0.0190 e. The molecule has 1 rings (SSSR count). The lowest BCUT2D eigenvalue weighted by atomic mass is 9.96. The Kier molecular flexibility index (Phi) is 3.86. The van der Waals surface area contributed by atoms with Crippen molar-refractivity contribution in [2.45, 2.75) is 32.6 Å². The molecule has 0 heteroatoms. The van der Waals surface area contributed by atoms with Crippen LogP contribution >= 0.6 is 0 Å². The highest BCUT2D eigenvalue weighted by Gasteiger charge is 2.02. The second-order valence-corrected chi connectivity index (χ2v) is 3.30. The first-order chi connectivity index (χ1) is 5.84. The number of hydrogen-bond acceptors (Lipinski definition) is 0. The van der Waals surface area contributed by atoms with Gasteiger partial charge in [-0.15, -0.1) is 0 Å². The summed E-state index contributed by atoms with van der Waals surface area (Å²) in [6.45, 7) is 4.41. The quantitative estimate of drug-likeness (QED) is 0.630. The molecule has 0 aromatic heterocycles. The minimum absolute atomic E-state index is 0.697. The third-order valence-corrected chi connectivity index (χ3v) is 2.26. The van der Waals surface area contributed by atoms with E-state index in [1.807, 2.05) is 0 Å². The lowest BCUT2D eigenvalue weighted by molar-refractivity contribution is 0.673. The lowest BCUT2D eigenvalue weighted by Gasteiger charge is -2.09. The van der Waals surface area contributed by atoms with Gasteiger partial charge in [-0.05, 0) is 30.7 Å². The minimum Gasteiger partial charge on any atom is -0.0623 e. The Morgan fingerprint density at radius 3 is 2.50 bits per heavy atom. The average Bonchev–Trinajstić information content (AvgIpc) is 2.15. The molecule has 0 spiro atoms. The van der Waals surface area contributed by atoms with Gasteiger partial charge in [0, 0.05) is 0 Å². The second kappa shape index (κ2) is 4.97. The highest BCUT2D eigenvalue weighted by Crippen LogP contribution is 2.20. The van der Waals surface area contributed by atoms with Crippen LogP contribution in [0.25, 0.3) is 0 Å². The van der Waals surface area contributed by atoms with Crippen LogP contribution in [-0.4, -0.2) is 0 Å². The topological polar surface area (TPSA) is 0 Å². The molecule has 0 aliphatic rings. The zero-order chi connectivity index (χ0) is 8.81. The summed E-state index contributed by atoms with van der Waals surface area (Å²) in [6.07, 6.45) is 4.72. The van der Waals surface area contributed by atoms with Gasteiger partial charge in [0.25, 0.3) is 0 Å². The monoisotopic (exact) mass is 161 g/mol. The largest absolute Gasteiger partial charge is 0.0623 e. The van der Waals surface area contributed by atoms with Crippen LogP contribution in [0.3, 0.4) is 0 Å². The Hall–Kier alpha value is -0.780. The molecule has 1 aromatic carbocycles. The van der Waals surface area contributed by atoms with Gasteiger partial charge in [0.1, 0.15) is 0 Å².